The number of hydrogen-bond acceptors (Lipinski definition) is 1. The number of hydrogen-bond donors (Lipinski definition) is 0. The summed E-state index contributed by atoms with van der Waals surface area (Å²) in [6.07, 6.45) is 0. The molecule has 1 aromatic carbocycles. The van der Waals surface area contributed by atoms with Crippen LogP contribution in [0.15, 0.2) is 12.1 Å². The van der Waals surface area contributed by atoms with Crippen LogP contribution in [0.1, 0.15) is 16.7 Å². The Morgan fingerprint density at radius 2 is 1.86 bits per heavy atom. The minimum Gasteiger partial charge on any atom is -0.497 e. The third kappa shape index (κ3) is 2.43. The first-order valence-electron chi connectivity index (χ1n) is 4.39. The molecule has 0 atom stereocenters. The van der Waals surface area contributed by atoms with Crippen LogP contribution in [0.3, 0.4) is 0 Å². The van der Waals surface area contributed by atoms with Crippen LogP contribution in [-0.2, 0) is 0 Å². The molecular weight excluding hydrogens is 196 g/mol. The number of halogens is 1. The molecule has 14 heavy (non-hydrogen) atoms. The van der Waals surface area contributed by atoms with Crippen LogP contribution < -0.4 is 4.74 Å². The minimum absolute atomic E-state index is 0.366. The molecule has 0 saturated carbocycles. The summed E-state index contributed by atoms with van der Waals surface area (Å²) in [6, 6.07) is 3.95. The van der Waals surface area contributed by atoms with Gasteiger partial charge in [0.25, 0.3) is 0 Å². The van der Waals surface area contributed by atoms with E-state index in [2.05, 4.69) is 11.8 Å². The molecular formula is C12H13ClO. The lowest BCUT2D eigenvalue weighted by molar-refractivity contribution is 0.414. The monoisotopic (exact) mass is 208 g/mol. The van der Waals surface area contributed by atoms with E-state index in [1.807, 2.05) is 26.0 Å². The lowest BCUT2D eigenvalue weighted by atomic mass is 10.0. The molecule has 0 bridgehead atoms. The first-order valence-corrected chi connectivity index (χ1v) is 4.92. The smallest absolute Gasteiger partial charge is 0.119 e. The molecule has 0 radical (unpaired) electrons. The highest BCUT2D eigenvalue weighted by atomic mass is 35.5. The highest BCUT2D eigenvalue weighted by molar-refractivity contribution is 6.19. The predicted octanol–water partition coefficient (Wildman–Crippen LogP) is 2.90. The topological polar surface area (TPSA) is 9.23 Å². The fraction of sp³-hybridized carbons (Fsp3) is 0.333. The second kappa shape index (κ2) is 4.93. The number of aryl methyl sites for hydroxylation is 2. The van der Waals surface area contributed by atoms with Crippen LogP contribution in [0.2, 0.25) is 0 Å². The highest BCUT2D eigenvalue weighted by Gasteiger charge is 2.02. The maximum absolute atomic E-state index is 5.52. The largest absolute Gasteiger partial charge is 0.497 e. The van der Waals surface area contributed by atoms with E-state index < -0.39 is 0 Å². The number of ether oxygens (including phenoxy) is 1. The molecule has 0 spiro atoms. The van der Waals surface area contributed by atoms with E-state index in [-0.39, 0.29) is 0 Å². The summed E-state index contributed by atoms with van der Waals surface area (Å²) >= 11 is 5.52. The van der Waals surface area contributed by atoms with E-state index in [0.29, 0.717) is 5.88 Å². The van der Waals surface area contributed by atoms with Crippen LogP contribution in [0.4, 0.5) is 0 Å². The van der Waals surface area contributed by atoms with Crippen molar-refractivity contribution in [2.24, 2.45) is 0 Å². The summed E-state index contributed by atoms with van der Waals surface area (Å²) in [5, 5.41) is 0. The van der Waals surface area contributed by atoms with Gasteiger partial charge in [0.15, 0.2) is 0 Å². The molecule has 0 N–H and O–H groups in total. The fourth-order valence-corrected chi connectivity index (χ4v) is 1.43. The molecule has 0 aliphatic heterocycles. The normalized spacial score (nSPS) is 9.14. The van der Waals surface area contributed by atoms with Crippen molar-refractivity contribution in [2.45, 2.75) is 13.8 Å². The van der Waals surface area contributed by atoms with Gasteiger partial charge in [0.1, 0.15) is 5.75 Å². The maximum atomic E-state index is 5.52. The summed E-state index contributed by atoms with van der Waals surface area (Å²) in [5.74, 6) is 7.14. The van der Waals surface area contributed by atoms with Gasteiger partial charge in [-0.25, -0.2) is 0 Å². The molecule has 0 aliphatic rings. The van der Waals surface area contributed by atoms with E-state index >= 15 is 0 Å². The maximum Gasteiger partial charge on any atom is 0.119 e. The number of methoxy groups -OCH3 is 1. The van der Waals surface area contributed by atoms with Crippen molar-refractivity contribution in [3.8, 4) is 17.6 Å². The van der Waals surface area contributed by atoms with Crippen molar-refractivity contribution < 1.29 is 4.74 Å². The van der Waals surface area contributed by atoms with Gasteiger partial charge in [-0.15, -0.1) is 11.6 Å². The van der Waals surface area contributed by atoms with Crippen molar-refractivity contribution >= 4 is 11.6 Å². The van der Waals surface area contributed by atoms with Crippen molar-refractivity contribution in [1.29, 1.82) is 0 Å². The average molecular weight is 209 g/mol. The summed E-state index contributed by atoms with van der Waals surface area (Å²) in [5.41, 5.74) is 3.30. The van der Waals surface area contributed by atoms with E-state index in [1.54, 1.807) is 7.11 Å². The van der Waals surface area contributed by atoms with Crippen LogP contribution in [0.5, 0.6) is 5.75 Å². The Hall–Kier alpha value is -1.13. The Bertz CT molecular complexity index is 362. The zero-order chi connectivity index (χ0) is 10.6. The Morgan fingerprint density at radius 1 is 1.29 bits per heavy atom. The second-order valence-electron chi connectivity index (χ2n) is 3.07. The Kier molecular flexibility index (Phi) is 3.85. The quantitative estimate of drug-likeness (QED) is 0.510. The second-order valence-corrected chi connectivity index (χ2v) is 3.34. The van der Waals surface area contributed by atoms with E-state index in [0.717, 1.165) is 22.4 Å². The third-order valence-corrected chi connectivity index (χ3v) is 2.16. The molecule has 0 aliphatic carbocycles. The van der Waals surface area contributed by atoms with Crippen LogP contribution in [-0.4, -0.2) is 13.0 Å². The standard InChI is InChI=1S/C12H13ClO/c1-9-7-11(14-3)8-10(2)12(9)5-4-6-13/h7-8H,6H2,1-3H3. The molecule has 0 aromatic heterocycles. The SMILES string of the molecule is COc1cc(C)c(C#CCCl)c(C)c1. The van der Waals surface area contributed by atoms with Gasteiger partial charge in [-0.2, -0.15) is 0 Å². The molecule has 0 heterocycles. The van der Waals surface area contributed by atoms with Gasteiger partial charge in [0, 0.05) is 5.56 Å². The molecule has 2 heteroatoms. The summed E-state index contributed by atoms with van der Waals surface area (Å²) in [6.45, 7) is 4.04. The first kappa shape index (κ1) is 10.9. The fourth-order valence-electron chi connectivity index (χ4n) is 1.36. The molecule has 1 aromatic rings. The zero-order valence-corrected chi connectivity index (χ0v) is 9.40. The van der Waals surface area contributed by atoms with Gasteiger partial charge < -0.3 is 4.74 Å². The van der Waals surface area contributed by atoms with Gasteiger partial charge >= 0.3 is 0 Å². The van der Waals surface area contributed by atoms with Gasteiger partial charge in [0.05, 0.1) is 13.0 Å². The van der Waals surface area contributed by atoms with Gasteiger partial charge in [-0.3, -0.25) is 0 Å². The molecule has 1 nitrogen and oxygen atoms in total. The average Bonchev–Trinajstić information content (AvgIpc) is 2.16. The molecule has 74 valence electrons. The summed E-state index contributed by atoms with van der Waals surface area (Å²) in [7, 11) is 1.67. The Morgan fingerprint density at radius 3 is 2.29 bits per heavy atom. The molecule has 1 rings (SSSR count). The first-order chi connectivity index (χ1) is 6.69. The van der Waals surface area contributed by atoms with E-state index in [1.165, 1.54) is 0 Å². The molecule has 0 amide bonds. The summed E-state index contributed by atoms with van der Waals surface area (Å²) in [4.78, 5) is 0. The molecule has 0 fully saturated rings. The molecule has 0 saturated heterocycles. The van der Waals surface area contributed by atoms with E-state index in [9.17, 15) is 0 Å². The van der Waals surface area contributed by atoms with Crippen molar-refractivity contribution in [2.75, 3.05) is 13.0 Å². The van der Waals surface area contributed by atoms with Gasteiger partial charge in [-0.05, 0) is 37.1 Å². The van der Waals surface area contributed by atoms with Crippen molar-refractivity contribution in [3.05, 3.63) is 28.8 Å². The minimum atomic E-state index is 0.366. The van der Waals surface area contributed by atoms with Crippen LogP contribution in [0.25, 0.3) is 0 Å². The van der Waals surface area contributed by atoms with Gasteiger partial charge in [0.2, 0.25) is 0 Å². The van der Waals surface area contributed by atoms with Crippen LogP contribution in [0, 0.1) is 25.7 Å². The van der Waals surface area contributed by atoms with Crippen molar-refractivity contribution in [1.82, 2.24) is 0 Å². The predicted molar refractivity (Wildman–Crippen MR) is 60.1 cm³/mol. The molecule has 0 unspecified atom stereocenters. The number of alkyl halides is 1. The van der Waals surface area contributed by atoms with Crippen LogP contribution >= 0.6 is 11.6 Å². The Balaban J connectivity index is 3.18. The lowest BCUT2D eigenvalue weighted by Crippen LogP contribution is -1.91. The highest BCUT2D eigenvalue weighted by Crippen LogP contribution is 2.20. The number of rotatable bonds is 1. The third-order valence-electron chi connectivity index (χ3n) is 2.02. The number of benzene rings is 1. The Labute approximate surface area is 90.0 Å². The van der Waals surface area contributed by atoms with Gasteiger partial charge in [-0.1, -0.05) is 11.8 Å². The van der Waals surface area contributed by atoms with Crippen molar-refractivity contribution in [3.63, 3.8) is 0 Å². The summed E-state index contributed by atoms with van der Waals surface area (Å²) < 4.78 is 5.16. The van der Waals surface area contributed by atoms with E-state index in [4.69, 9.17) is 16.3 Å². The lowest BCUT2D eigenvalue weighted by Gasteiger charge is -2.06. The zero-order valence-electron chi connectivity index (χ0n) is 8.65.